The van der Waals surface area contributed by atoms with Gasteiger partial charge in [-0.25, -0.2) is 17.8 Å². The van der Waals surface area contributed by atoms with Crippen LogP contribution in [0.1, 0.15) is 19.9 Å². The summed E-state index contributed by atoms with van der Waals surface area (Å²) in [6.45, 7) is 3.40. The molecule has 0 bridgehead atoms. The summed E-state index contributed by atoms with van der Waals surface area (Å²) in [6, 6.07) is 11.4. The third-order valence-corrected chi connectivity index (χ3v) is 5.71. The van der Waals surface area contributed by atoms with E-state index in [0.717, 1.165) is 24.3 Å². The zero-order chi connectivity index (χ0) is 22.6. The molecule has 0 aliphatic rings. The molecule has 0 aliphatic carbocycles. The first-order chi connectivity index (χ1) is 14.7. The zero-order valence-electron chi connectivity index (χ0n) is 16.7. The number of aromatic nitrogens is 3. The summed E-state index contributed by atoms with van der Waals surface area (Å²) in [5.74, 6) is -0.589. The van der Waals surface area contributed by atoms with E-state index < -0.39 is 27.4 Å². The highest BCUT2D eigenvalue weighted by Crippen LogP contribution is 2.26. The first-order valence-electron chi connectivity index (χ1n) is 9.22. The minimum atomic E-state index is -4.02. The fraction of sp³-hybridized carbons (Fsp3) is 0.211. The number of carbonyl (C=O) groups excluding carboxylic acids is 1. The standard InChI is InChI=1S/C19H20N6O5S/c1-13(2)24-12-18(22-23-24)16-5-3-4-6-17(16)21-19(26)11-20-31(29,30)15-9-7-14(8-10-15)25(27)28/h3-10,12-13,20H,11H2,1-2H3,(H,21,26). The largest absolute Gasteiger partial charge is 0.324 e. The van der Waals surface area contributed by atoms with Crippen LogP contribution in [-0.2, 0) is 14.8 Å². The van der Waals surface area contributed by atoms with Crippen LogP contribution >= 0.6 is 0 Å². The van der Waals surface area contributed by atoms with Crippen molar-refractivity contribution in [1.82, 2.24) is 19.7 Å². The van der Waals surface area contributed by atoms with Crippen molar-refractivity contribution in [3.05, 3.63) is 64.8 Å². The molecule has 0 fully saturated rings. The van der Waals surface area contributed by atoms with Gasteiger partial charge in [-0.1, -0.05) is 23.4 Å². The number of rotatable bonds is 8. The molecular weight excluding hydrogens is 424 g/mol. The lowest BCUT2D eigenvalue weighted by Crippen LogP contribution is -2.33. The SMILES string of the molecule is CC(C)n1cc(-c2ccccc2NC(=O)CNS(=O)(=O)c2ccc([N+](=O)[O-])cc2)nn1. The number of nitrogens with zero attached hydrogens (tertiary/aromatic N) is 4. The maximum atomic E-state index is 12.4. The Hall–Kier alpha value is -3.64. The quantitative estimate of drug-likeness (QED) is 0.400. The molecule has 1 aromatic heterocycles. The molecule has 1 heterocycles. The van der Waals surface area contributed by atoms with E-state index in [0.29, 0.717) is 16.9 Å². The number of non-ortho nitro benzene ring substituents is 1. The Labute approximate surface area is 178 Å². The normalized spacial score (nSPS) is 11.5. The van der Waals surface area contributed by atoms with Gasteiger partial charge in [0.25, 0.3) is 5.69 Å². The number of amides is 1. The smallest absolute Gasteiger partial charge is 0.269 e. The lowest BCUT2D eigenvalue weighted by molar-refractivity contribution is -0.384. The van der Waals surface area contributed by atoms with Crippen LogP contribution in [0.4, 0.5) is 11.4 Å². The van der Waals surface area contributed by atoms with Crippen LogP contribution in [0.5, 0.6) is 0 Å². The number of benzene rings is 2. The van der Waals surface area contributed by atoms with Crippen LogP contribution in [0.3, 0.4) is 0 Å². The third-order valence-electron chi connectivity index (χ3n) is 4.30. The Bertz CT molecular complexity index is 1200. The molecular formula is C19H20N6O5S. The van der Waals surface area contributed by atoms with E-state index in [-0.39, 0.29) is 16.6 Å². The molecule has 0 atom stereocenters. The molecule has 1 amide bonds. The van der Waals surface area contributed by atoms with Crippen molar-refractivity contribution in [2.24, 2.45) is 0 Å². The second-order valence-corrected chi connectivity index (χ2v) is 8.61. The van der Waals surface area contributed by atoms with Gasteiger partial charge in [-0.3, -0.25) is 14.9 Å². The summed E-state index contributed by atoms with van der Waals surface area (Å²) >= 11 is 0. The summed E-state index contributed by atoms with van der Waals surface area (Å²) in [7, 11) is -4.02. The molecule has 2 aromatic carbocycles. The van der Waals surface area contributed by atoms with Gasteiger partial charge in [0.1, 0.15) is 5.69 Å². The van der Waals surface area contributed by atoms with E-state index in [2.05, 4.69) is 20.4 Å². The molecule has 11 nitrogen and oxygen atoms in total. The Morgan fingerprint density at radius 3 is 2.45 bits per heavy atom. The van der Waals surface area contributed by atoms with Crippen molar-refractivity contribution in [2.75, 3.05) is 11.9 Å². The van der Waals surface area contributed by atoms with Gasteiger partial charge in [0.15, 0.2) is 0 Å². The van der Waals surface area contributed by atoms with Crippen molar-refractivity contribution in [1.29, 1.82) is 0 Å². The minimum absolute atomic E-state index is 0.122. The number of nitro groups is 1. The third kappa shape index (κ3) is 5.29. The number of carbonyl (C=O) groups is 1. The molecule has 3 rings (SSSR count). The predicted octanol–water partition coefficient (Wildman–Crippen LogP) is 2.35. The Kier molecular flexibility index (Phi) is 6.42. The number of para-hydroxylation sites is 1. The van der Waals surface area contributed by atoms with E-state index in [1.54, 1.807) is 35.1 Å². The molecule has 0 aliphatic heterocycles. The van der Waals surface area contributed by atoms with Crippen molar-refractivity contribution < 1.29 is 18.1 Å². The number of hydrogen-bond donors (Lipinski definition) is 2. The van der Waals surface area contributed by atoms with E-state index >= 15 is 0 Å². The summed E-state index contributed by atoms with van der Waals surface area (Å²) in [4.78, 5) is 22.2. The average Bonchev–Trinajstić information content (AvgIpc) is 3.23. The predicted molar refractivity (Wildman–Crippen MR) is 113 cm³/mol. The van der Waals surface area contributed by atoms with Gasteiger partial charge in [0, 0.05) is 23.7 Å². The van der Waals surface area contributed by atoms with E-state index in [9.17, 15) is 23.3 Å². The van der Waals surface area contributed by atoms with Gasteiger partial charge in [-0.2, -0.15) is 0 Å². The molecule has 0 saturated heterocycles. The highest BCUT2D eigenvalue weighted by Gasteiger charge is 2.18. The molecule has 12 heteroatoms. The fourth-order valence-corrected chi connectivity index (χ4v) is 3.64. The van der Waals surface area contributed by atoms with Crippen LogP contribution in [0.2, 0.25) is 0 Å². The monoisotopic (exact) mass is 444 g/mol. The van der Waals surface area contributed by atoms with Crippen LogP contribution in [0, 0.1) is 10.1 Å². The van der Waals surface area contributed by atoms with Crippen LogP contribution in [-0.4, -0.2) is 40.8 Å². The van der Waals surface area contributed by atoms with Gasteiger partial charge in [0.2, 0.25) is 15.9 Å². The molecule has 2 N–H and O–H groups in total. The molecule has 162 valence electrons. The second-order valence-electron chi connectivity index (χ2n) is 6.85. The van der Waals surface area contributed by atoms with Crippen LogP contribution in [0.15, 0.2) is 59.6 Å². The zero-order valence-corrected chi connectivity index (χ0v) is 17.5. The van der Waals surface area contributed by atoms with Gasteiger partial charge in [-0.15, -0.1) is 5.10 Å². The first-order valence-corrected chi connectivity index (χ1v) is 10.7. The average molecular weight is 444 g/mol. The lowest BCUT2D eigenvalue weighted by atomic mass is 10.1. The van der Waals surface area contributed by atoms with Crippen molar-refractivity contribution in [3.63, 3.8) is 0 Å². The van der Waals surface area contributed by atoms with E-state index in [4.69, 9.17) is 0 Å². The van der Waals surface area contributed by atoms with E-state index in [1.807, 2.05) is 13.8 Å². The highest BCUT2D eigenvalue weighted by atomic mass is 32.2. The summed E-state index contributed by atoms with van der Waals surface area (Å²) in [5.41, 5.74) is 1.43. The van der Waals surface area contributed by atoms with Crippen LogP contribution in [0.25, 0.3) is 11.3 Å². The number of anilines is 1. The maximum Gasteiger partial charge on any atom is 0.269 e. The van der Waals surface area contributed by atoms with Gasteiger partial charge < -0.3 is 5.32 Å². The molecule has 0 radical (unpaired) electrons. The van der Waals surface area contributed by atoms with Crippen molar-refractivity contribution in [3.8, 4) is 11.3 Å². The van der Waals surface area contributed by atoms with Crippen molar-refractivity contribution in [2.45, 2.75) is 24.8 Å². The second kappa shape index (κ2) is 9.02. The van der Waals surface area contributed by atoms with Gasteiger partial charge in [-0.05, 0) is 32.0 Å². The summed E-state index contributed by atoms with van der Waals surface area (Å²) in [5, 5.41) is 21.5. The fourth-order valence-electron chi connectivity index (χ4n) is 2.65. The number of sulfonamides is 1. The van der Waals surface area contributed by atoms with Crippen molar-refractivity contribution >= 4 is 27.3 Å². The number of nitro benzene ring substituents is 1. The summed E-state index contributed by atoms with van der Waals surface area (Å²) < 4.78 is 28.6. The highest BCUT2D eigenvalue weighted by molar-refractivity contribution is 7.89. The minimum Gasteiger partial charge on any atom is -0.324 e. The first kappa shape index (κ1) is 22.1. The topological polar surface area (TPSA) is 149 Å². The molecule has 31 heavy (non-hydrogen) atoms. The number of hydrogen-bond acceptors (Lipinski definition) is 7. The van der Waals surface area contributed by atoms with Gasteiger partial charge >= 0.3 is 0 Å². The number of nitrogens with one attached hydrogen (secondary N) is 2. The molecule has 0 spiro atoms. The molecule has 0 unspecified atom stereocenters. The summed E-state index contributed by atoms with van der Waals surface area (Å²) in [6.07, 6.45) is 1.76. The lowest BCUT2D eigenvalue weighted by Gasteiger charge is -2.10. The Morgan fingerprint density at radius 1 is 1.16 bits per heavy atom. The molecule has 3 aromatic rings. The maximum absolute atomic E-state index is 12.4. The Balaban J connectivity index is 1.69. The van der Waals surface area contributed by atoms with Gasteiger partial charge in [0.05, 0.1) is 28.2 Å². The Morgan fingerprint density at radius 2 is 1.84 bits per heavy atom. The van der Waals surface area contributed by atoms with Crippen LogP contribution < -0.4 is 10.0 Å². The van der Waals surface area contributed by atoms with E-state index in [1.165, 1.54) is 0 Å². The molecule has 0 saturated carbocycles.